The minimum atomic E-state index is -0.978. The van der Waals surface area contributed by atoms with E-state index in [4.69, 9.17) is 9.47 Å². The molecule has 0 N–H and O–H groups in total. The van der Waals surface area contributed by atoms with Crippen molar-refractivity contribution in [2.45, 2.75) is 25.1 Å². The lowest BCUT2D eigenvalue weighted by molar-refractivity contribution is -0.385. The van der Waals surface area contributed by atoms with Crippen LogP contribution in [0.1, 0.15) is 25.5 Å². The topological polar surface area (TPSA) is 111 Å². The Bertz CT molecular complexity index is 897. The first-order chi connectivity index (χ1) is 13.4. The van der Waals surface area contributed by atoms with Crippen molar-refractivity contribution in [1.82, 2.24) is 4.90 Å². The lowest BCUT2D eigenvalue weighted by Gasteiger charge is -2.32. The zero-order valence-corrected chi connectivity index (χ0v) is 16.4. The largest absolute Gasteiger partial charge is 0.460 e. The number of aliphatic imine (C=N–C) groups is 1. The predicted molar refractivity (Wildman–Crippen MR) is 103 cm³/mol. The molecule has 1 fully saturated rings. The van der Waals surface area contributed by atoms with Gasteiger partial charge in [0.25, 0.3) is 5.69 Å². The van der Waals surface area contributed by atoms with E-state index in [0.29, 0.717) is 10.9 Å². The summed E-state index contributed by atoms with van der Waals surface area (Å²) in [6, 6.07) is 5.09. The number of nitro groups is 1. The van der Waals surface area contributed by atoms with Gasteiger partial charge < -0.3 is 9.47 Å². The van der Waals surface area contributed by atoms with Gasteiger partial charge in [-0.3, -0.25) is 19.8 Å². The number of thioether (sulfide) groups is 1. The standard InChI is InChI=1S/C18H19N3O6S/c1-10-14(17(23)27-9-8-26-3)15(12-6-4-5-7-13(12)21(24)25)20-16(22)11(2)28-18(20)19-10/h4-7,11,15H,8-9H2,1-3H3/t11-,15+/m1/s1. The molecule has 28 heavy (non-hydrogen) atoms. The van der Waals surface area contributed by atoms with Crippen LogP contribution in [-0.4, -0.2) is 52.4 Å². The molecule has 1 aromatic carbocycles. The molecule has 0 aromatic heterocycles. The van der Waals surface area contributed by atoms with E-state index in [0.717, 1.165) is 0 Å². The third-order valence-electron chi connectivity index (χ3n) is 4.43. The minimum Gasteiger partial charge on any atom is -0.460 e. The molecular formula is C18H19N3O6S. The van der Waals surface area contributed by atoms with Crippen LogP contribution in [0.3, 0.4) is 0 Å². The number of ether oxygens (including phenoxy) is 2. The van der Waals surface area contributed by atoms with Crippen molar-refractivity contribution in [3.8, 4) is 0 Å². The molecule has 148 valence electrons. The van der Waals surface area contributed by atoms with Crippen molar-refractivity contribution in [2.75, 3.05) is 20.3 Å². The Hall–Kier alpha value is -2.72. The molecule has 1 saturated heterocycles. The van der Waals surface area contributed by atoms with E-state index in [-0.39, 0.29) is 35.9 Å². The number of para-hydroxylation sites is 1. The van der Waals surface area contributed by atoms with Gasteiger partial charge in [0, 0.05) is 13.2 Å². The average molecular weight is 405 g/mol. The van der Waals surface area contributed by atoms with Gasteiger partial charge in [-0.25, -0.2) is 9.79 Å². The molecule has 0 radical (unpaired) electrons. The number of benzene rings is 1. The first-order valence-corrected chi connectivity index (χ1v) is 9.43. The number of carbonyl (C=O) groups excluding carboxylic acids is 2. The van der Waals surface area contributed by atoms with Crippen molar-refractivity contribution in [3.63, 3.8) is 0 Å². The van der Waals surface area contributed by atoms with E-state index in [2.05, 4.69) is 4.99 Å². The molecule has 10 heteroatoms. The molecule has 3 rings (SSSR count). The molecule has 1 aromatic rings. The molecule has 0 unspecified atom stereocenters. The van der Waals surface area contributed by atoms with Gasteiger partial charge in [-0.2, -0.15) is 0 Å². The maximum Gasteiger partial charge on any atom is 0.338 e. The number of nitro benzene ring substituents is 1. The molecule has 2 aliphatic rings. The summed E-state index contributed by atoms with van der Waals surface area (Å²) < 4.78 is 10.1. The number of hydrogen-bond donors (Lipinski definition) is 0. The lowest BCUT2D eigenvalue weighted by atomic mass is 9.93. The summed E-state index contributed by atoms with van der Waals surface area (Å²) in [5.74, 6) is -0.945. The van der Waals surface area contributed by atoms with E-state index in [1.54, 1.807) is 26.0 Å². The zero-order valence-electron chi connectivity index (χ0n) is 15.6. The number of fused-ring (bicyclic) bond motifs is 1. The highest BCUT2D eigenvalue weighted by atomic mass is 32.2. The van der Waals surface area contributed by atoms with Gasteiger partial charge in [-0.1, -0.05) is 23.9 Å². The Morgan fingerprint density at radius 2 is 2.07 bits per heavy atom. The molecule has 1 amide bonds. The van der Waals surface area contributed by atoms with E-state index in [9.17, 15) is 19.7 Å². The molecule has 0 saturated carbocycles. The van der Waals surface area contributed by atoms with Gasteiger partial charge in [0.15, 0.2) is 5.17 Å². The second-order valence-electron chi connectivity index (χ2n) is 6.21. The Balaban J connectivity index is 2.13. The quantitative estimate of drug-likeness (QED) is 0.309. The SMILES string of the molecule is COCCOC(=O)C1=C(C)N=C2S[C@H](C)C(=O)N2[C@H]1c1ccccc1[N+](=O)[O-]. The number of carbonyl (C=O) groups is 2. The first kappa shape index (κ1) is 20.0. The molecule has 2 aliphatic heterocycles. The van der Waals surface area contributed by atoms with Gasteiger partial charge >= 0.3 is 5.97 Å². The fourth-order valence-electron chi connectivity index (χ4n) is 3.14. The number of hydrogen-bond acceptors (Lipinski definition) is 8. The van der Waals surface area contributed by atoms with E-state index in [1.807, 2.05) is 0 Å². The van der Waals surface area contributed by atoms with Crippen LogP contribution in [0.2, 0.25) is 0 Å². The maximum atomic E-state index is 12.8. The highest BCUT2D eigenvalue weighted by molar-refractivity contribution is 8.15. The summed E-state index contributed by atoms with van der Waals surface area (Å²) in [6.45, 7) is 3.59. The van der Waals surface area contributed by atoms with Crippen LogP contribution in [0.5, 0.6) is 0 Å². The minimum absolute atomic E-state index is 0.0192. The van der Waals surface area contributed by atoms with E-state index in [1.165, 1.54) is 35.9 Å². The van der Waals surface area contributed by atoms with E-state index < -0.39 is 22.2 Å². The second kappa shape index (κ2) is 8.11. The van der Waals surface area contributed by atoms with Crippen molar-refractivity contribution in [2.24, 2.45) is 4.99 Å². The summed E-state index contributed by atoms with van der Waals surface area (Å²) in [4.78, 5) is 42.4. The summed E-state index contributed by atoms with van der Waals surface area (Å²) >= 11 is 1.26. The van der Waals surface area contributed by atoms with Crippen molar-refractivity contribution >= 4 is 34.5 Å². The molecule has 0 aliphatic carbocycles. The number of rotatable bonds is 6. The van der Waals surface area contributed by atoms with Crippen LogP contribution in [0.4, 0.5) is 5.69 Å². The van der Waals surface area contributed by atoms with Gasteiger partial charge in [0.1, 0.15) is 12.6 Å². The molecule has 0 spiro atoms. The average Bonchev–Trinajstić information content (AvgIpc) is 2.94. The molecular weight excluding hydrogens is 386 g/mol. The molecule has 2 atom stereocenters. The zero-order chi connectivity index (χ0) is 20.4. The Morgan fingerprint density at radius 3 is 2.75 bits per heavy atom. The fraction of sp³-hybridized carbons (Fsp3) is 0.389. The van der Waals surface area contributed by atoms with E-state index >= 15 is 0 Å². The van der Waals surface area contributed by atoms with Crippen LogP contribution in [-0.2, 0) is 19.1 Å². The monoisotopic (exact) mass is 405 g/mol. The maximum absolute atomic E-state index is 12.8. The smallest absolute Gasteiger partial charge is 0.338 e. The number of nitrogens with zero attached hydrogens (tertiary/aromatic N) is 3. The summed E-state index contributed by atoms with van der Waals surface area (Å²) in [5, 5.41) is 11.6. The summed E-state index contributed by atoms with van der Waals surface area (Å²) in [6.07, 6.45) is 0. The Morgan fingerprint density at radius 1 is 1.36 bits per heavy atom. The molecule has 0 bridgehead atoms. The normalized spacial score (nSPS) is 21.5. The van der Waals surface area contributed by atoms with Gasteiger partial charge in [-0.15, -0.1) is 0 Å². The van der Waals surface area contributed by atoms with Crippen molar-refractivity contribution in [1.29, 1.82) is 0 Å². The molecule has 9 nitrogen and oxygen atoms in total. The number of esters is 1. The third-order valence-corrected chi connectivity index (χ3v) is 5.48. The second-order valence-corrected chi connectivity index (χ2v) is 7.52. The summed E-state index contributed by atoms with van der Waals surface area (Å²) in [7, 11) is 1.48. The fourth-order valence-corrected chi connectivity index (χ4v) is 4.17. The van der Waals surface area contributed by atoms with Crippen LogP contribution in [0.15, 0.2) is 40.5 Å². The van der Waals surface area contributed by atoms with Gasteiger partial charge in [0.05, 0.1) is 33.6 Å². The predicted octanol–water partition coefficient (Wildman–Crippen LogP) is 2.43. The number of amidine groups is 1. The van der Waals surface area contributed by atoms with Gasteiger partial charge in [0.2, 0.25) is 5.91 Å². The highest BCUT2D eigenvalue weighted by Gasteiger charge is 2.48. The highest BCUT2D eigenvalue weighted by Crippen LogP contribution is 2.45. The van der Waals surface area contributed by atoms with Crippen LogP contribution in [0.25, 0.3) is 0 Å². The van der Waals surface area contributed by atoms with Crippen LogP contribution >= 0.6 is 11.8 Å². The third kappa shape index (κ3) is 3.52. The first-order valence-electron chi connectivity index (χ1n) is 8.55. The Kier molecular flexibility index (Phi) is 5.80. The lowest BCUT2D eigenvalue weighted by Crippen LogP contribution is -2.40. The van der Waals surface area contributed by atoms with Crippen molar-refractivity contribution in [3.05, 3.63) is 51.2 Å². The van der Waals surface area contributed by atoms with Crippen molar-refractivity contribution < 1.29 is 24.0 Å². The van der Waals surface area contributed by atoms with Crippen LogP contribution in [0, 0.1) is 10.1 Å². The number of allylic oxidation sites excluding steroid dienone is 1. The number of methoxy groups -OCH3 is 1. The van der Waals surface area contributed by atoms with Gasteiger partial charge in [-0.05, 0) is 19.9 Å². The Labute approximate surface area is 165 Å². The number of amides is 1. The van der Waals surface area contributed by atoms with Crippen LogP contribution < -0.4 is 0 Å². The molecule has 2 heterocycles. The summed E-state index contributed by atoms with van der Waals surface area (Å²) in [5.41, 5.74) is 0.533.